The Morgan fingerprint density at radius 1 is 1.12 bits per heavy atom. The van der Waals surface area contributed by atoms with Gasteiger partial charge < -0.3 is 15.2 Å². The minimum absolute atomic E-state index is 0.00601. The highest BCUT2D eigenvalue weighted by molar-refractivity contribution is 7.92. The van der Waals surface area contributed by atoms with Crippen LogP contribution in [0, 0.1) is 11.2 Å². The van der Waals surface area contributed by atoms with Crippen molar-refractivity contribution >= 4 is 33.2 Å². The van der Waals surface area contributed by atoms with E-state index in [1.54, 1.807) is 0 Å². The van der Waals surface area contributed by atoms with Crippen LogP contribution in [0.25, 0.3) is 11.1 Å². The van der Waals surface area contributed by atoms with E-state index in [4.69, 9.17) is 16.3 Å². The molecule has 1 atom stereocenters. The van der Waals surface area contributed by atoms with Gasteiger partial charge in [-0.1, -0.05) is 35.9 Å². The second kappa shape index (κ2) is 10.9. The van der Waals surface area contributed by atoms with Gasteiger partial charge in [0, 0.05) is 5.56 Å². The van der Waals surface area contributed by atoms with Gasteiger partial charge >= 0.3 is 6.18 Å². The Kier molecular flexibility index (Phi) is 8.08. The summed E-state index contributed by atoms with van der Waals surface area (Å²) in [6, 6.07) is 11.8. The Morgan fingerprint density at radius 3 is 2.50 bits per heavy atom. The molecule has 1 aliphatic rings. The topological polar surface area (TPSA) is 95.9 Å². The molecule has 0 saturated heterocycles. The second-order valence-electron chi connectivity index (χ2n) is 9.84. The molecule has 4 rings (SSSR count). The van der Waals surface area contributed by atoms with E-state index >= 15 is 0 Å². The smallest absolute Gasteiger partial charge is 0.416 e. The lowest BCUT2D eigenvalue weighted by molar-refractivity contribution is -0.137. The Bertz CT molecular complexity index is 1550. The van der Waals surface area contributed by atoms with E-state index in [2.05, 4.69) is 5.32 Å². The highest BCUT2D eigenvalue weighted by Gasteiger charge is 2.38. The van der Waals surface area contributed by atoms with Gasteiger partial charge in [0.1, 0.15) is 17.7 Å². The summed E-state index contributed by atoms with van der Waals surface area (Å²) < 4.78 is 88.7. The number of sulfonamides is 1. The number of alkyl halides is 3. The maximum atomic E-state index is 14.1. The molecule has 0 radical (unpaired) electrons. The van der Waals surface area contributed by atoms with Crippen LogP contribution in [0.2, 0.25) is 5.02 Å². The second-order valence-corrected chi connectivity index (χ2v) is 12.1. The summed E-state index contributed by atoms with van der Waals surface area (Å²) in [5.74, 6) is -1.13. The van der Waals surface area contributed by atoms with Crippen molar-refractivity contribution in [2.75, 3.05) is 24.0 Å². The van der Waals surface area contributed by atoms with Crippen molar-refractivity contribution in [2.45, 2.75) is 31.0 Å². The molecule has 3 aromatic carbocycles. The number of aliphatic hydroxyl groups excluding tert-OH is 1. The molecular weight excluding hydrogens is 576 g/mol. The molecule has 0 aliphatic carbocycles. The molecule has 13 heteroatoms. The maximum Gasteiger partial charge on any atom is 0.416 e. The summed E-state index contributed by atoms with van der Waals surface area (Å²) in [4.78, 5) is 11.9. The van der Waals surface area contributed by atoms with E-state index in [1.807, 2.05) is 0 Å². The van der Waals surface area contributed by atoms with Gasteiger partial charge in [0.25, 0.3) is 10.0 Å². The number of nitrogens with zero attached hydrogens (tertiary/aromatic N) is 1. The van der Waals surface area contributed by atoms with Crippen LogP contribution in [0.1, 0.15) is 19.4 Å². The van der Waals surface area contributed by atoms with Crippen molar-refractivity contribution in [1.82, 2.24) is 5.32 Å². The number of ether oxygens (including phenoxy) is 1. The Labute approximate surface area is 233 Å². The van der Waals surface area contributed by atoms with Gasteiger partial charge in [-0.15, -0.1) is 0 Å². The third-order valence-corrected chi connectivity index (χ3v) is 8.56. The first-order chi connectivity index (χ1) is 18.6. The summed E-state index contributed by atoms with van der Waals surface area (Å²) in [6.45, 7) is 2.07. The van der Waals surface area contributed by atoms with Crippen LogP contribution in [-0.4, -0.2) is 45.2 Å². The third-order valence-electron chi connectivity index (χ3n) is 6.40. The molecule has 0 spiro atoms. The molecule has 3 aromatic rings. The Balaban J connectivity index is 1.78. The van der Waals surface area contributed by atoms with Gasteiger partial charge in [-0.3, -0.25) is 9.10 Å². The van der Waals surface area contributed by atoms with E-state index in [0.717, 1.165) is 28.6 Å². The lowest BCUT2D eigenvalue weighted by Gasteiger charge is -2.36. The third kappa shape index (κ3) is 5.89. The number of anilines is 1. The van der Waals surface area contributed by atoms with E-state index in [0.29, 0.717) is 11.6 Å². The summed E-state index contributed by atoms with van der Waals surface area (Å²) in [5, 5.41) is 11.9. The lowest BCUT2D eigenvalue weighted by Crippen LogP contribution is -2.50. The van der Waals surface area contributed by atoms with Crippen LogP contribution < -0.4 is 14.4 Å². The first-order valence-corrected chi connectivity index (χ1v) is 13.8. The highest BCUT2D eigenvalue weighted by atomic mass is 35.5. The van der Waals surface area contributed by atoms with E-state index < -0.39 is 56.5 Å². The van der Waals surface area contributed by atoms with Crippen molar-refractivity contribution in [3.63, 3.8) is 0 Å². The summed E-state index contributed by atoms with van der Waals surface area (Å²) in [7, 11) is -4.59. The van der Waals surface area contributed by atoms with Gasteiger partial charge in [0.05, 0.1) is 46.3 Å². The zero-order chi connectivity index (χ0) is 29.5. The predicted octanol–water partition coefficient (Wildman–Crippen LogP) is 5.26. The number of aliphatic hydroxyl groups is 1. The van der Waals surface area contributed by atoms with Gasteiger partial charge in [-0.25, -0.2) is 12.8 Å². The first kappa shape index (κ1) is 29.6. The summed E-state index contributed by atoms with van der Waals surface area (Å²) >= 11 is 6.13. The van der Waals surface area contributed by atoms with Crippen molar-refractivity contribution in [1.29, 1.82) is 0 Å². The molecule has 2 N–H and O–H groups in total. The minimum Gasteiger partial charge on any atom is -0.484 e. The van der Waals surface area contributed by atoms with Crippen molar-refractivity contribution in [3.8, 4) is 16.9 Å². The number of rotatable bonds is 7. The Morgan fingerprint density at radius 2 is 1.82 bits per heavy atom. The minimum atomic E-state index is -4.78. The number of hydrogen-bond donors (Lipinski definition) is 2. The molecule has 1 unspecified atom stereocenters. The van der Waals surface area contributed by atoms with Crippen LogP contribution in [-0.2, 0) is 21.0 Å². The lowest BCUT2D eigenvalue weighted by atomic mass is 9.94. The first-order valence-electron chi connectivity index (χ1n) is 12.0. The quantitative estimate of drug-likeness (QED) is 0.361. The fourth-order valence-corrected chi connectivity index (χ4v) is 5.80. The van der Waals surface area contributed by atoms with Gasteiger partial charge in [0.15, 0.2) is 0 Å². The largest absolute Gasteiger partial charge is 0.484 e. The molecule has 7 nitrogen and oxygen atoms in total. The number of hydrogen-bond acceptors (Lipinski definition) is 5. The average molecular weight is 601 g/mol. The molecule has 214 valence electrons. The highest BCUT2D eigenvalue weighted by Crippen LogP contribution is 2.42. The average Bonchev–Trinajstić information content (AvgIpc) is 2.92. The molecule has 1 amide bonds. The van der Waals surface area contributed by atoms with E-state index in [-0.39, 0.29) is 35.1 Å². The SMILES string of the molecule is CC(C)(CO)C(=O)NCC1CN(S(=O)(=O)c2cccc(C(F)(F)F)c2)c2cc(-c3cccc(F)c3Cl)ccc2O1. The molecular formula is C27H25ClF4N2O5S. The van der Waals surface area contributed by atoms with Gasteiger partial charge in [-0.05, 0) is 55.8 Å². The monoisotopic (exact) mass is 600 g/mol. The van der Waals surface area contributed by atoms with Crippen LogP contribution >= 0.6 is 11.6 Å². The Hall–Kier alpha value is -3.35. The van der Waals surface area contributed by atoms with Crippen LogP contribution in [0.5, 0.6) is 5.75 Å². The standard InChI is InChI=1S/C27H25ClF4N2O5S/c1-26(2,15-35)25(36)33-13-18-14-34(40(37,38)19-6-3-5-17(12-19)27(30,31)32)22-11-16(9-10-23(22)39-18)20-7-4-8-21(29)24(20)28/h3-12,18,35H,13-15H2,1-2H3,(H,33,36). The molecule has 0 aromatic heterocycles. The van der Waals surface area contributed by atoms with Crippen LogP contribution in [0.15, 0.2) is 65.6 Å². The van der Waals surface area contributed by atoms with Gasteiger partial charge in [0.2, 0.25) is 5.91 Å². The summed E-state index contributed by atoms with van der Waals surface area (Å²) in [6.07, 6.45) is -5.71. The normalized spacial score (nSPS) is 15.8. The van der Waals surface area contributed by atoms with Crippen molar-refractivity contribution in [3.05, 3.63) is 77.1 Å². The fraction of sp³-hybridized carbons (Fsp3) is 0.296. The molecule has 0 fully saturated rings. The van der Waals surface area contributed by atoms with E-state index in [1.165, 1.54) is 44.2 Å². The number of nitrogens with one attached hydrogen (secondary N) is 1. The molecule has 1 heterocycles. The zero-order valence-corrected chi connectivity index (χ0v) is 22.9. The molecule has 40 heavy (non-hydrogen) atoms. The summed E-state index contributed by atoms with van der Waals surface area (Å²) in [5.41, 5.74) is -1.66. The number of halogens is 5. The van der Waals surface area contributed by atoms with Gasteiger partial charge in [-0.2, -0.15) is 13.2 Å². The predicted molar refractivity (Wildman–Crippen MR) is 141 cm³/mol. The molecule has 1 aliphatic heterocycles. The number of amides is 1. The number of benzene rings is 3. The number of carbonyl (C=O) groups excluding carboxylic acids is 1. The molecule has 0 saturated carbocycles. The van der Waals surface area contributed by atoms with Crippen molar-refractivity contribution < 1.29 is 40.6 Å². The fourth-order valence-electron chi connectivity index (χ4n) is 4.02. The van der Waals surface area contributed by atoms with Crippen molar-refractivity contribution in [2.24, 2.45) is 5.41 Å². The number of fused-ring (bicyclic) bond motifs is 1. The van der Waals surface area contributed by atoms with Crippen LogP contribution in [0.4, 0.5) is 23.2 Å². The maximum absolute atomic E-state index is 14.1. The number of carbonyl (C=O) groups is 1. The van der Waals surface area contributed by atoms with Crippen LogP contribution in [0.3, 0.4) is 0 Å². The van der Waals surface area contributed by atoms with E-state index in [9.17, 15) is 35.9 Å². The zero-order valence-electron chi connectivity index (χ0n) is 21.3. The molecule has 0 bridgehead atoms.